The minimum atomic E-state index is -0.372. The number of ether oxygens (including phenoxy) is 1. The number of nitrogens with one attached hydrogen (secondary N) is 1. The van der Waals surface area contributed by atoms with E-state index in [1.807, 2.05) is 18.2 Å². The number of carbonyl (C=O) groups is 1. The van der Waals surface area contributed by atoms with E-state index in [0.717, 1.165) is 57.3 Å². The molecule has 2 saturated heterocycles. The average Bonchev–Trinajstić information content (AvgIpc) is 3.62. The maximum absolute atomic E-state index is 13.6. The van der Waals surface area contributed by atoms with Crippen molar-refractivity contribution in [2.24, 2.45) is 17.3 Å². The van der Waals surface area contributed by atoms with E-state index in [-0.39, 0.29) is 17.2 Å². The molecule has 2 atom stereocenters. The van der Waals surface area contributed by atoms with Crippen molar-refractivity contribution >= 4 is 11.9 Å². The minimum Gasteiger partial charge on any atom is -0.497 e. The van der Waals surface area contributed by atoms with Crippen LogP contribution in [0.15, 0.2) is 42.7 Å². The average molecular weight is 436 g/mol. The Bertz CT molecular complexity index is 918. The van der Waals surface area contributed by atoms with Gasteiger partial charge in [-0.15, -0.1) is 0 Å². The first kappa shape index (κ1) is 21.2. The summed E-state index contributed by atoms with van der Waals surface area (Å²) in [6.45, 7) is 5.16. The molecule has 7 heteroatoms. The second-order valence-electron chi connectivity index (χ2n) is 9.62. The molecule has 3 fully saturated rings. The van der Waals surface area contributed by atoms with Crippen molar-refractivity contribution in [3.05, 3.63) is 48.3 Å². The number of carbonyl (C=O) groups excluding carboxylic acids is 1. The molecule has 1 aliphatic carbocycles. The first-order valence-electron chi connectivity index (χ1n) is 11.8. The molecule has 1 N–H and O–H groups in total. The first-order valence-corrected chi connectivity index (χ1v) is 11.8. The highest BCUT2D eigenvalue weighted by atomic mass is 16.5. The van der Waals surface area contributed by atoms with Gasteiger partial charge in [0.05, 0.1) is 12.5 Å². The van der Waals surface area contributed by atoms with Gasteiger partial charge in [0.1, 0.15) is 5.75 Å². The summed E-state index contributed by atoms with van der Waals surface area (Å²) in [5, 5.41) is 3.31. The Morgan fingerprint density at radius 3 is 2.69 bits per heavy atom. The molecule has 1 aromatic heterocycles. The van der Waals surface area contributed by atoms with Crippen molar-refractivity contribution < 1.29 is 9.53 Å². The largest absolute Gasteiger partial charge is 0.497 e. The predicted octanol–water partition coefficient (Wildman–Crippen LogP) is 2.73. The van der Waals surface area contributed by atoms with E-state index in [2.05, 4.69) is 37.2 Å². The van der Waals surface area contributed by atoms with Gasteiger partial charge in [-0.1, -0.05) is 12.1 Å². The number of amides is 1. The molecule has 7 nitrogen and oxygen atoms in total. The number of likely N-dealkylation sites (tertiary alicyclic amines) is 1. The standard InChI is InChI=1S/C25H33N5O2/c1-32-22-8-6-20(7-9-22)15-29-13-2-10-25(23(31)28-14-19-4-5-19)18-30(17-21(25)16-29)24-26-11-3-12-27-24/h3,6-9,11-12,19,21H,2,4-5,10,13-18H2,1H3,(H,28,31)/t21-,25-/m0/s1. The molecule has 170 valence electrons. The lowest BCUT2D eigenvalue weighted by molar-refractivity contribution is -0.132. The number of anilines is 1. The number of rotatable bonds is 7. The molecule has 32 heavy (non-hydrogen) atoms. The zero-order chi connectivity index (χ0) is 22.0. The number of benzene rings is 1. The monoisotopic (exact) mass is 435 g/mol. The van der Waals surface area contributed by atoms with E-state index in [0.29, 0.717) is 12.5 Å². The van der Waals surface area contributed by atoms with Crippen LogP contribution in [-0.2, 0) is 11.3 Å². The van der Waals surface area contributed by atoms with Crippen LogP contribution in [-0.4, -0.2) is 60.6 Å². The Kier molecular flexibility index (Phi) is 6.00. The maximum atomic E-state index is 13.6. The molecular weight excluding hydrogens is 402 g/mol. The lowest BCUT2D eigenvalue weighted by Gasteiger charge is -2.32. The minimum absolute atomic E-state index is 0.235. The van der Waals surface area contributed by atoms with Crippen LogP contribution >= 0.6 is 0 Å². The van der Waals surface area contributed by atoms with E-state index in [1.54, 1.807) is 19.5 Å². The Morgan fingerprint density at radius 1 is 1.19 bits per heavy atom. The molecule has 3 aliphatic rings. The second-order valence-corrected chi connectivity index (χ2v) is 9.62. The third-order valence-corrected chi connectivity index (χ3v) is 7.37. The van der Waals surface area contributed by atoms with E-state index in [4.69, 9.17) is 4.74 Å². The Hall–Kier alpha value is -2.67. The molecule has 0 bridgehead atoms. The summed E-state index contributed by atoms with van der Waals surface area (Å²) >= 11 is 0. The summed E-state index contributed by atoms with van der Waals surface area (Å²) in [6, 6.07) is 10.2. The van der Waals surface area contributed by atoms with Crippen molar-refractivity contribution in [3.8, 4) is 5.75 Å². The summed E-state index contributed by atoms with van der Waals surface area (Å²) < 4.78 is 5.30. The van der Waals surface area contributed by atoms with Crippen LogP contribution in [0, 0.1) is 17.3 Å². The first-order chi connectivity index (χ1) is 15.7. The van der Waals surface area contributed by atoms with Gasteiger partial charge in [0.2, 0.25) is 11.9 Å². The van der Waals surface area contributed by atoms with Crippen LogP contribution in [0.3, 0.4) is 0 Å². The van der Waals surface area contributed by atoms with Crippen molar-refractivity contribution in [1.29, 1.82) is 0 Å². The smallest absolute Gasteiger partial charge is 0.228 e. The molecule has 2 aliphatic heterocycles. The highest BCUT2D eigenvalue weighted by molar-refractivity contribution is 5.84. The molecule has 0 spiro atoms. The number of nitrogens with zero attached hydrogens (tertiary/aromatic N) is 4. The zero-order valence-electron chi connectivity index (χ0n) is 18.9. The van der Waals surface area contributed by atoms with Crippen molar-refractivity contribution in [2.75, 3.05) is 44.7 Å². The van der Waals surface area contributed by atoms with E-state index < -0.39 is 0 Å². The highest BCUT2D eigenvalue weighted by Gasteiger charge is 2.53. The van der Waals surface area contributed by atoms with Crippen LogP contribution < -0.4 is 15.0 Å². The van der Waals surface area contributed by atoms with Crippen LogP contribution in [0.1, 0.15) is 31.2 Å². The van der Waals surface area contributed by atoms with Gasteiger partial charge in [-0.25, -0.2) is 9.97 Å². The van der Waals surface area contributed by atoms with Gasteiger partial charge in [0, 0.05) is 51.0 Å². The van der Waals surface area contributed by atoms with Crippen LogP contribution in [0.5, 0.6) is 5.75 Å². The molecule has 1 aromatic carbocycles. The summed E-state index contributed by atoms with van der Waals surface area (Å²) in [7, 11) is 1.69. The number of hydrogen-bond donors (Lipinski definition) is 1. The van der Waals surface area contributed by atoms with Gasteiger partial charge < -0.3 is 15.0 Å². The molecule has 2 aromatic rings. The van der Waals surface area contributed by atoms with Gasteiger partial charge in [0.25, 0.3) is 0 Å². The fourth-order valence-corrected chi connectivity index (χ4v) is 5.36. The fourth-order valence-electron chi connectivity index (χ4n) is 5.36. The van der Waals surface area contributed by atoms with Gasteiger partial charge in [-0.3, -0.25) is 9.69 Å². The summed E-state index contributed by atoms with van der Waals surface area (Å²) in [4.78, 5) is 27.3. The highest BCUT2D eigenvalue weighted by Crippen LogP contribution is 2.44. The molecule has 1 saturated carbocycles. The third kappa shape index (κ3) is 4.44. The van der Waals surface area contributed by atoms with Gasteiger partial charge >= 0.3 is 0 Å². The lowest BCUT2D eigenvalue weighted by Crippen LogP contribution is -2.48. The quantitative estimate of drug-likeness (QED) is 0.721. The fraction of sp³-hybridized carbons (Fsp3) is 0.560. The zero-order valence-corrected chi connectivity index (χ0v) is 18.9. The molecular formula is C25H33N5O2. The Balaban J connectivity index is 1.35. The molecule has 0 radical (unpaired) electrons. The second kappa shape index (κ2) is 9.06. The van der Waals surface area contributed by atoms with E-state index in [1.165, 1.54) is 18.4 Å². The predicted molar refractivity (Wildman–Crippen MR) is 123 cm³/mol. The Morgan fingerprint density at radius 2 is 1.97 bits per heavy atom. The van der Waals surface area contributed by atoms with Crippen LogP contribution in [0.4, 0.5) is 5.95 Å². The molecule has 3 heterocycles. The number of hydrogen-bond acceptors (Lipinski definition) is 6. The summed E-state index contributed by atoms with van der Waals surface area (Å²) in [6.07, 6.45) is 7.99. The van der Waals surface area contributed by atoms with Crippen molar-refractivity contribution in [3.63, 3.8) is 0 Å². The van der Waals surface area contributed by atoms with E-state index >= 15 is 0 Å². The Labute approximate surface area is 190 Å². The normalized spacial score (nSPS) is 25.8. The van der Waals surface area contributed by atoms with Crippen LogP contribution in [0.25, 0.3) is 0 Å². The van der Waals surface area contributed by atoms with Crippen molar-refractivity contribution in [1.82, 2.24) is 20.2 Å². The SMILES string of the molecule is COc1ccc(CN2CCC[C@]3(C(=O)NCC4CC4)CN(c4ncccn4)C[C@@H]3C2)cc1. The molecule has 0 unspecified atom stereocenters. The van der Waals surface area contributed by atoms with Crippen LogP contribution in [0.2, 0.25) is 0 Å². The maximum Gasteiger partial charge on any atom is 0.228 e. The van der Waals surface area contributed by atoms with Crippen molar-refractivity contribution in [2.45, 2.75) is 32.2 Å². The molecule has 1 amide bonds. The number of aromatic nitrogens is 2. The summed E-state index contributed by atoms with van der Waals surface area (Å²) in [5.41, 5.74) is 0.903. The molecule has 5 rings (SSSR count). The van der Waals surface area contributed by atoms with Gasteiger partial charge in [-0.05, 0) is 61.9 Å². The van der Waals surface area contributed by atoms with Gasteiger partial charge in [0.15, 0.2) is 0 Å². The van der Waals surface area contributed by atoms with E-state index in [9.17, 15) is 4.79 Å². The number of methoxy groups -OCH3 is 1. The lowest BCUT2D eigenvalue weighted by atomic mass is 9.74. The number of fused-ring (bicyclic) bond motifs is 1. The van der Waals surface area contributed by atoms with Gasteiger partial charge in [-0.2, -0.15) is 0 Å². The summed E-state index contributed by atoms with van der Waals surface area (Å²) in [5.74, 6) is 2.79. The third-order valence-electron chi connectivity index (χ3n) is 7.37. The topological polar surface area (TPSA) is 70.6 Å².